The highest BCUT2D eigenvalue weighted by molar-refractivity contribution is 7.99. The van der Waals surface area contributed by atoms with Crippen LogP contribution in [0.4, 0.5) is 0 Å². The molecule has 32 heavy (non-hydrogen) atoms. The summed E-state index contributed by atoms with van der Waals surface area (Å²) in [4.78, 5) is 39.1. The molecule has 0 aromatic heterocycles. The number of ether oxygens (including phenoxy) is 1. The van der Waals surface area contributed by atoms with Gasteiger partial charge >= 0.3 is 11.9 Å². The number of carbonyl (C=O) groups is 3. The highest BCUT2D eigenvalue weighted by Gasteiger charge is 2.31. The number of benzene rings is 1. The molecule has 1 aromatic rings. The number of piperidine rings is 1. The number of halogens is 2. The van der Waals surface area contributed by atoms with Gasteiger partial charge in [-0.05, 0) is 49.6 Å². The van der Waals surface area contributed by atoms with Gasteiger partial charge in [-0.25, -0.2) is 9.59 Å². The molecule has 1 aliphatic heterocycles. The number of methoxy groups -OCH3 is 1. The summed E-state index contributed by atoms with van der Waals surface area (Å²) >= 11 is 14.5. The van der Waals surface area contributed by atoms with Crippen LogP contribution in [0.5, 0.6) is 0 Å². The van der Waals surface area contributed by atoms with Crippen molar-refractivity contribution in [3.63, 3.8) is 0 Å². The van der Waals surface area contributed by atoms with E-state index in [0.29, 0.717) is 41.5 Å². The second-order valence-corrected chi connectivity index (χ2v) is 9.69. The van der Waals surface area contributed by atoms with Crippen LogP contribution in [0.25, 0.3) is 6.08 Å². The predicted molar refractivity (Wildman–Crippen MR) is 129 cm³/mol. The minimum absolute atomic E-state index is 0.0659. The summed E-state index contributed by atoms with van der Waals surface area (Å²) in [6.07, 6.45) is 6.55. The number of thioether (sulfide) groups is 1. The molecule has 0 aliphatic carbocycles. The molecule has 1 aromatic carbocycles. The zero-order chi connectivity index (χ0) is 23.7. The molecular weight excluding hydrogens is 471 g/mol. The molecule has 2 N–H and O–H groups in total. The van der Waals surface area contributed by atoms with Crippen molar-refractivity contribution in [1.82, 2.24) is 4.90 Å². The maximum absolute atomic E-state index is 12.6. The van der Waals surface area contributed by atoms with Crippen LogP contribution >= 0.6 is 35.0 Å². The molecule has 2 amide bonds. The maximum atomic E-state index is 12.6. The Hall–Kier alpha value is -1.54. The molecule has 1 saturated heterocycles. The van der Waals surface area contributed by atoms with Crippen molar-refractivity contribution >= 4 is 58.8 Å². The molecule has 0 unspecified atom stereocenters. The summed E-state index contributed by atoms with van der Waals surface area (Å²) in [5.41, 5.74) is 0.696. The van der Waals surface area contributed by atoms with Crippen LogP contribution in [0.2, 0.25) is 10.0 Å². The van der Waals surface area contributed by atoms with Gasteiger partial charge in [0.05, 0.1) is 23.1 Å². The van der Waals surface area contributed by atoms with Crippen LogP contribution in [0.3, 0.4) is 0 Å². The summed E-state index contributed by atoms with van der Waals surface area (Å²) in [6.45, 7) is 4.76. The number of nitrogens with zero attached hydrogens (tertiary/aromatic N) is 1. The number of quaternary nitrogens is 1. The Morgan fingerprint density at radius 1 is 1.25 bits per heavy atom. The Morgan fingerprint density at radius 3 is 2.56 bits per heavy atom. The topological polar surface area (TPSA) is 80.3 Å². The minimum Gasteiger partial charge on any atom is -0.465 e. The van der Waals surface area contributed by atoms with E-state index in [4.69, 9.17) is 23.2 Å². The molecule has 1 heterocycles. The fourth-order valence-electron chi connectivity index (χ4n) is 3.40. The normalized spacial score (nSPS) is 15.7. The van der Waals surface area contributed by atoms with Crippen molar-refractivity contribution in [2.45, 2.75) is 50.5 Å². The van der Waals surface area contributed by atoms with E-state index in [-0.39, 0.29) is 17.7 Å². The molecular formula is C23H31Cl2N2O4S+. The zero-order valence-electron chi connectivity index (χ0n) is 18.7. The highest BCUT2D eigenvalue weighted by Crippen LogP contribution is 2.36. The highest BCUT2D eigenvalue weighted by atomic mass is 35.5. The van der Waals surface area contributed by atoms with E-state index in [2.05, 4.69) is 11.7 Å². The number of carbonyl (C=O) groups excluding carboxylic acids is 3. The van der Waals surface area contributed by atoms with E-state index in [1.165, 1.54) is 18.5 Å². The standard InChI is InChI=1S/C23H30Cl2N2O4S/c1-4-5-14-32-18-8-6-16(20(24)21(18)25)7-9-19(28)27-12-10-17(11-13-27)22(29)26-15(2)23(30)31-3/h6-9,15,17H,4-5,10-14H2,1-3H3,(H,26,29)/p+1/b9-7+/t15-/m0/s1. The van der Waals surface area contributed by atoms with Crippen molar-refractivity contribution in [2.24, 2.45) is 5.92 Å². The molecule has 2 rings (SSSR count). The fourth-order valence-corrected chi connectivity index (χ4v) is 5.07. The van der Waals surface area contributed by atoms with Crippen LogP contribution in [-0.2, 0) is 19.1 Å². The van der Waals surface area contributed by atoms with Crippen molar-refractivity contribution in [3.05, 3.63) is 33.8 Å². The molecule has 0 bridgehead atoms. The SMILES string of the molecule is CCCCSc1ccc(/C=C/C(=O)N2CCC(C(=O)[NH2+][C@@H](C)C(=O)OC)CC2)c(Cl)c1Cl. The first-order valence-corrected chi connectivity index (χ1v) is 12.6. The van der Waals surface area contributed by atoms with Gasteiger partial charge in [-0.3, -0.25) is 10.1 Å². The maximum Gasteiger partial charge on any atom is 0.364 e. The van der Waals surface area contributed by atoms with Gasteiger partial charge in [0.2, 0.25) is 5.91 Å². The molecule has 9 heteroatoms. The number of likely N-dealkylation sites (tertiary alicyclic amines) is 1. The van der Waals surface area contributed by atoms with Crippen molar-refractivity contribution < 1.29 is 24.4 Å². The molecule has 0 spiro atoms. The van der Waals surface area contributed by atoms with Crippen LogP contribution in [0.15, 0.2) is 23.1 Å². The lowest BCUT2D eigenvalue weighted by atomic mass is 9.95. The first-order valence-electron chi connectivity index (χ1n) is 10.8. The molecule has 0 radical (unpaired) electrons. The molecule has 1 aliphatic rings. The van der Waals surface area contributed by atoms with Gasteiger partial charge in [-0.1, -0.05) is 42.6 Å². The Labute approximate surface area is 204 Å². The lowest BCUT2D eigenvalue weighted by molar-refractivity contribution is -0.594. The summed E-state index contributed by atoms with van der Waals surface area (Å²) in [7, 11) is 1.30. The lowest BCUT2D eigenvalue weighted by Gasteiger charge is -2.29. The van der Waals surface area contributed by atoms with Crippen molar-refractivity contribution in [2.75, 3.05) is 26.0 Å². The summed E-state index contributed by atoms with van der Waals surface area (Å²) in [5, 5.41) is 2.38. The van der Waals surface area contributed by atoms with Crippen LogP contribution < -0.4 is 5.32 Å². The van der Waals surface area contributed by atoms with Gasteiger partial charge in [0.15, 0.2) is 6.04 Å². The summed E-state index contributed by atoms with van der Waals surface area (Å²) in [5.74, 6) is 0.182. The number of esters is 1. The second-order valence-electron chi connectivity index (χ2n) is 7.80. The van der Waals surface area contributed by atoms with Crippen LogP contribution in [0, 0.1) is 5.92 Å². The van der Waals surface area contributed by atoms with Crippen LogP contribution in [-0.4, -0.2) is 54.7 Å². The number of nitrogens with two attached hydrogens (primary N) is 1. The fraction of sp³-hybridized carbons (Fsp3) is 0.522. The smallest absolute Gasteiger partial charge is 0.364 e. The molecule has 0 saturated carbocycles. The molecule has 176 valence electrons. The number of primary amides is 1. The van der Waals surface area contributed by atoms with Gasteiger partial charge in [-0.2, -0.15) is 0 Å². The minimum atomic E-state index is -0.567. The molecule has 1 atom stereocenters. The van der Waals surface area contributed by atoms with E-state index in [9.17, 15) is 14.4 Å². The Kier molecular flexibility index (Phi) is 11.0. The van der Waals surface area contributed by atoms with Crippen LogP contribution in [0.1, 0.15) is 45.1 Å². The average molecular weight is 502 g/mol. The Morgan fingerprint density at radius 2 is 1.94 bits per heavy atom. The van der Waals surface area contributed by atoms with Gasteiger partial charge in [0.25, 0.3) is 0 Å². The second kappa shape index (κ2) is 13.2. The zero-order valence-corrected chi connectivity index (χ0v) is 21.1. The van der Waals surface area contributed by atoms with E-state index in [1.807, 2.05) is 12.1 Å². The first-order chi connectivity index (χ1) is 15.3. The Balaban J connectivity index is 1.89. The van der Waals surface area contributed by atoms with E-state index < -0.39 is 12.0 Å². The van der Waals surface area contributed by atoms with Gasteiger partial charge in [0, 0.05) is 24.1 Å². The third kappa shape index (κ3) is 7.51. The summed E-state index contributed by atoms with van der Waals surface area (Å²) in [6, 6.07) is 3.24. The molecule has 6 nitrogen and oxygen atoms in total. The largest absolute Gasteiger partial charge is 0.465 e. The van der Waals surface area contributed by atoms with Crippen molar-refractivity contribution in [1.29, 1.82) is 0 Å². The van der Waals surface area contributed by atoms with Gasteiger partial charge < -0.3 is 9.64 Å². The summed E-state index contributed by atoms with van der Waals surface area (Å²) < 4.78 is 4.65. The van der Waals surface area contributed by atoms with Gasteiger partial charge in [-0.15, -0.1) is 11.8 Å². The van der Waals surface area contributed by atoms with Crippen molar-refractivity contribution in [3.8, 4) is 0 Å². The van der Waals surface area contributed by atoms with Gasteiger partial charge in [0.1, 0.15) is 0 Å². The quantitative estimate of drug-likeness (QED) is 0.241. The number of amides is 2. The average Bonchev–Trinajstić information content (AvgIpc) is 2.80. The number of rotatable bonds is 9. The molecule has 1 fully saturated rings. The third-order valence-electron chi connectivity index (χ3n) is 5.43. The van der Waals surface area contributed by atoms with E-state index >= 15 is 0 Å². The predicted octanol–water partition coefficient (Wildman–Crippen LogP) is 3.79. The van der Waals surface area contributed by atoms with E-state index in [1.54, 1.807) is 29.7 Å². The monoisotopic (exact) mass is 501 g/mol. The number of hydrogen-bond donors (Lipinski definition) is 1. The number of unbranched alkanes of at least 4 members (excludes halogenated alkanes) is 1. The first kappa shape index (κ1) is 26.7. The number of hydrogen-bond acceptors (Lipinski definition) is 5. The Bertz CT molecular complexity index is 855. The lowest BCUT2D eigenvalue weighted by Crippen LogP contribution is -2.95. The third-order valence-corrected chi connectivity index (χ3v) is 7.59. The van der Waals surface area contributed by atoms with E-state index in [0.717, 1.165) is 23.5 Å².